The molecule has 2 heterocycles. The minimum Gasteiger partial charge on any atom is -0.486 e. The van der Waals surface area contributed by atoms with Gasteiger partial charge in [0.25, 0.3) is 0 Å². The summed E-state index contributed by atoms with van der Waals surface area (Å²) in [4.78, 5) is 17.2. The number of hydrogen-bond acceptors (Lipinski definition) is 4. The SMILES string of the molecule is O=C(Cc1ccc2c(c1)OCCO2)N1CCN(CC2CCCCC2)CC1. The third-order valence-electron chi connectivity index (χ3n) is 5.93. The van der Waals surface area contributed by atoms with Crippen molar-refractivity contribution >= 4 is 5.91 Å². The first-order valence-electron chi connectivity index (χ1n) is 10.2. The number of carbonyl (C=O) groups is 1. The zero-order valence-corrected chi connectivity index (χ0v) is 15.6. The highest BCUT2D eigenvalue weighted by atomic mass is 16.6. The number of nitrogens with zero attached hydrogens (tertiary/aromatic N) is 2. The Morgan fingerprint density at radius 1 is 0.962 bits per heavy atom. The van der Waals surface area contributed by atoms with E-state index in [1.807, 2.05) is 23.1 Å². The molecule has 0 radical (unpaired) electrons. The molecule has 0 spiro atoms. The van der Waals surface area contributed by atoms with Gasteiger partial charge in [0.1, 0.15) is 13.2 Å². The average molecular weight is 358 g/mol. The van der Waals surface area contributed by atoms with Crippen LogP contribution in [0.4, 0.5) is 0 Å². The fourth-order valence-corrected chi connectivity index (χ4v) is 4.40. The van der Waals surface area contributed by atoms with E-state index in [0.717, 1.165) is 49.2 Å². The quantitative estimate of drug-likeness (QED) is 0.830. The lowest BCUT2D eigenvalue weighted by molar-refractivity contribution is -0.132. The van der Waals surface area contributed by atoms with Crippen molar-refractivity contribution in [3.63, 3.8) is 0 Å². The molecule has 5 heteroatoms. The van der Waals surface area contributed by atoms with E-state index in [-0.39, 0.29) is 5.91 Å². The fourth-order valence-electron chi connectivity index (χ4n) is 4.40. The van der Waals surface area contributed by atoms with Gasteiger partial charge in [0.15, 0.2) is 11.5 Å². The zero-order chi connectivity index (χ0) is 17.8. The lowest BCUT2D eigenvalue weighted by Crippen LogP contribution is -2.50. The van der Waals surface area contributed by atoms with Crippen LogP contribution in [0.15, 0.2) is 18.2 Å². The van der Waals surface area contributed by atoms with Gasteiger partial charge in [-0.1, -0.05) is 25.3 Å². The van der Waals surface area contributed by atoms with E-state index in [2.05, 4.69) is 4.90 Å². The maximum atomic E-state index is 12.7. The molecule has 2 aliphatic heterocycles. The van der Waals surface area contributed by atoms with Crippen molar-refractivity contribution in [1.29, 1.82) is 0 Å². The minimum atomic E-state index is 0.221. The molecule has 1 saturated heterocycles. The van der Waals surface area contributed by atoms with Crippen LogP contribution in [0.5, 0.6) is 11.5 Å². The molecule has 2 fully saturated rings. The normalized spacial score (nSPS) is 21.6. The number of hydrogen-bond donors (Lipinski definition) is 0. The van der Waals surface area contributed by atoms with E-state index < -0.39 is 0 Å². The van der Waals surface area contributed by atoms with Gasteiger partial charge in [0.05, 0.1) is 6.42 Å². The second kappa shape index (κ2) is 8.30. The van der Waals surface area contributed by atoms with Crippen LogP contribution >= 0.6 is 0 Å². The van der Waals surface area contributed by atoms with Gasteiger partial charge in [-0.3, -0.25) is 9.69 Å². The van der Waals surface area contributed by atoms with Gasteiger partial charge in [-0.15, -0.1) is 0 Å². The number of benzene rings is 1. The second-order valence-corrected chi connectivity index (χ2v) is 7.84. The fraction of sp³-hybridized carbons (Fsp3) is 0.667. The predicted octanol–water partition coefficient (Wildman–Crippen LogP) is 2.72. The molecule has 142 valence electrons. The molecule has 1 saturated carbocycles. The molecule has 1 aliphatic carbocycles. The third kappa shape index (κ3) is 4.32. The molecule has 26 heavy (non-hydrogen) atoms. The average Bonchev–Trinajstić information content (AvgIpc) is 2.69. The van der Waals surface area contributed by atoms with Gasteiger partial charge in [-0.05, 0) is 36.5 Å². The Hall–Kier alpha value is -1.75. The van der Waals surface area contributed by atoms with Crippen molar-refractivity contribution in [1.82, 2.24) is 9.80 Å². The molecule has 3 aliphatic rings. The van der Waals surface area contributed by atoms with E-state index in [0.29, 0.717) is 19.6 Å². The van der Waals surface area contributed by atoms with E-state index in [9.17, 15) is 4.79 Å². The maximum absolute atomic E-state index is 12.7. The molecule has 1 amide bonds. The molecule has 0 bridgehead atoms. The highest BCUT2D eigenvalue weighted by Crippen LogP contribution is 2.31. The summed E-state index contributed by atoms with van der Waals surface area (Å²) in [7, 11) is 0. The summed E-state index contributed by atoms with van der Waals surface area (Å²) in [5.41, 5.74) is 1.00. The summed E-state index contributed by atoms with van der Waals surface area (Å²) >= 11 is 0. The van der Waals surface area contributed by atoms with Crippen molar-refractivity contribution in [2.75, 3.05) is 45.9 Å². The van der Waals surface area contributed by atoms with Crippen molar-refractivity contribution in [3.8, 4) is 11.5 Å². The summed E-state index contributed by atoms with van der Waals surface area (Å²) in [6.07, 6.45) is 7.45. The molecule has 0 N–H and O–H groups in total. The van der Waals surface area contributed by atoms with Crippen LogP contribution in [0.2, 0.25) is 0 Å². The Morgan fingerprint density at radius 3 is 2.46 bits per heavy atom. The molecule has 0 unspecified atom stereocenters. The van der Waals surface area contributed by atoms with Crippen molar-refractivity contribution in [2.45, 2.75) is 38.5 Å². The predicted molar refractivity (Wildman–Crippen MR) is 101 cm³/mol. The molecule has 1 aromatic rings. The molecule has 0 atom stereocenters. The monoisotopic (exact) mass is 358 g/mol. The summed E-state index contributed by atoms with van der Waals surface area (Å²) in [6, 6.07) is 5.84. The molecule has 0 aromatic heterocycles. The first-order chi connectivity index (χ1) is 12.8. The topological polar surface area (TPSA) is 42.0 Å². The molecular formula is C21H30N2O3. The van der Waals surface area contributed by atoms with E-state index in [4.69, 9.17) is 9.47 Å². The van der Waals surface area contributed by atoms with Gasteiger partial charge in [-0.25, -0.2) is 0 Å². The Labute approximate surface area is 156 Å². The lowest BCUT2D eigenvalue weighted by Gasteiger charge is -2.37. The summed E-state index contributed by atoms with van der Waals surface area (Å²) in [6.45, 7) is 6.15. The van der Waals surface area contributed by atoms with Crippen LogP contribution < -0.4 is 9.47 Å². The molecular weight excluding hydrogens is 328 g/mol. The Morgan fingerprint density at radius 2 is 1.69 bits per heavy atom. The number of amides is 1. The Kier molecular flexibility index (Phi) is 5.63. The van der Waals surface area contributed by atoms with Crippen molar-refractivity contribution in [3.05, 3.63) is 23.8 Å². The number of carbonyl (C=O) groups excluding carboxylic acids is 1. The van der Waals surface area contributed by atoms with Gasteiger partial charge in [0.2, 0.25) is 5.91 Å². The number of piperazine rings is 1. The Balaban J connectivity index is 1.25. The van der Waals surface area contributed by atoms with Gasteiger partial charge >= 0.3 is 0 Å². The van der Waals surface area contributed by atoms with Crippen LogP contribution in [0.1, 0.15) is 37.7 Å². The number of fused-ring (bicyclic) bond motifs is 1. The summed E-state index contributed by atoms with van der Waals surface area (Å²) < 4.78 is 11.2. The van der Waals surface area contributed by atoms with Crippen LogP contribution in [0.3, 0.4) is 0 Å². The number of rotatable bonds is 4. The maximum Gasteiger partial charge on any atom is 0.227 e. The van der Waals surface area contributed by atoms with Gasteiger partial charge in [0, 0.05) is 32.7 Å². The first kappa shape index (κ1) is 17.7. The van der Waals surface area contributed by atoms with E-state index in [1.54, 1.807) is 0 Å². The zero-order valence-electron chi connectivity index (χ0n) is 15.6. The smallest absolute Gasteiger partial charge is 0.227 e. The van der Waals surface area contributed by atoms with Gasteiger partial charge < -0.3 is 14.4 Å². The second-order valence-electron chi connectivity index (χ2n) is 7.84. The molecule has 5 nitrogen and oxygen atoms in total. The van der Waals surface area contributed by atoms with Crippen LogP contribution in [0.25, 0.3) is 0 Å². The van der Waals surface area contributed by atoms with Crippen molar-refractivity contribution in [2.24, 2.45) is 5.92 Å². The van der Waals surface area contributed by atoms with Gasteiger partial charge in [-0.2, -0.15) is 0 Å². The lowest BCUT2D eigenvalue weighted by atomic mass is 9.89. The first-order valence-corrected chi connectivity index (χ1v) is 10.2. The molecule has 4 rings (SSSR count). The van der Waals surface area contributed by atoms with Crippen LogP contribution in [0, 0.1) is 5.92 Å². The van der Waals surface area contributed by atoms with E-state index in [1.165, 1.54) is 38.6 Å². The minimum absolute atomic E-state index is 0.221. The largest absolute Gasteiger partial charge is 0.486 e. The standard InChI is InChI=1S/C21H30N2O3/c24-21(15-18-6-7-19-20(14-18)26-13-12-25-19)23-10-8-22(9-11-23)16-17-4-2-1-3-5-17/h6-7,14,17H,1-5,8-13,15-16H2. The number of ether oxygens (including phenoxy) is 2. The summed E-state index contributed by atoms with van der Waals surface area (Å²) in [5.74, 6) is 2.64. The van der Waals surface area contributed by atoms with Crippen molar-refractivity contribution < 1.29 is 14.3 Å². The Bertz CT molecular complexity index is 620. The molecule has 1 aromatic carbocycles. The third-order valence-corrected chi connectivity index (χ3v) is 5.93. The van der Waals surface area contributed by atoms with Crippen LogP contribution in [-0.2, 0) is 11.2 Å². The highest BCUT2D eigenvalue weighted by Gasteiger charge is 2.24. The van der Waals surface area contributed by atoms with E-state index >= 15 is 0 Å². The highest BCUT2D eigenvalue weighted by molar-refractivity contribution is 5.79. The van der Waals surface area contributed by atoms with Crippen LogP contribution in [-0.4, -0.2) is 61.6 Å². The summed E-state index contributed by atoms with van der Waals surface area (Å²) in [5, 5.41) is 0.